The number of benzene rings is 10. The number of fused-ring (bicyclic) bond motifs is 5. The van der Waals surface area contributed by atoms with Crippen LogP contribution in [0.5, 0.6) is 0 Å². The Hall–Kier alpha value is -7.54. The van der Waals surface area contributed by atoms with E-state index in [1.807, 2.05) is 0 Å². The van der Waals surface area contributed by atoms with Gasteiger partial charge in [0.1, 0.15) is 0 Å². The summed E-state index contributed by atoms with van der Waals surface area (Å²) >= 11 is 0. The van der Waals surface area contributed by atoms with Crippen LogP contribution in [0.1, 0.15) is 22.3 Å². The molecule has 1 aliphatic rings. The monoisotopic (exact) mass is 748 g/mol. The molecule has 0 radical (unpaired) electrons. The molecule has 0 fully saturated rings. The van der Waals surface area contributed by atoms with Gasteiger partial charge >= 0.3 is 0 Å². The molecule has 0 aromatic heterocycles. The first kappa shape index (κ1) is 34.7. The van der Waals surface area contributed by atoms with Gasteiger partial charge < -0.3 is 0 Å². The van der Waals surface area contributed by atoms with Crippen LogP contribution in [-0.2, 0) is 5.41 Å². The van der Waals surface area contributed by atoms with Crippen LogP contribution in [0.3, 0.4) is 0 Å². The second-order valence-corrected chi connectivity index (χ2v) is 15.6. The lowest BCUT2D eigenvalue weighted by molar-refractivity contribution is 0.769. The Morgan fingerprint density at radius 1 is 0.220 bits per heavy atom. The molecule has 0 bridgehead atoms. The average Bonchev–Trinajstić information content (AvgIpc) is 3.63. The number of rotatable bonds is 7. The van der Waals surface area contributed by atoms with Crippen LogP contribution in [0.25, 0.3) is 77.5 Å². The Morgan fingerprint density at radius 2 is 0.610 bits per heavy atom. The van der Waals surface area contributed by atoms with Crippen molar-refractivity contribution in [2.24, 2.45) is 0 Å². The van der Waals surface area contributed by atoms with E-state index in [1.165, 1.54) is 99.8 Å². The third kappa shape index (κ3) is 5.84. The fraction of sp³-hybridized carbons (Fsp3) is 0.0169. The molecule has 0 aliphatic heterocycles. The molecule has 10 aromatic carbocycles. The van der Waals surface area contributed by atoms with Crippen molar-refractivity contribution in [3.63, 3.8) is 0 Å². The minimum absolute atomic E-state index is 0.578. The highest BCUT2D eigenvalue weighted by Gasteiger charge is 2.47. The van der Waals surface area contributed by atoms with Gasteiger partial charge in [-0.2, -0.15) is 0 Å². The maximum Gasteiger partial charge on any atom is 0.0714 e. The smallest absolute Gasteiger partial charge is 0.0622 e. The second-order valence-electron chi connectivity index (χ2n) is 15.6. The highest BCUT2D eigenvalue weighted by molar-refractivity contribution is 6.10. The predicted octanol–water partition coefficient (Wildman–Crippen LogP) is 15.5. The van der Waals surface area contributed by atoms with Gasteiger partial charge in [0.05, 0.1) is 5.41 Å². The fourth-order valence-corrected chi connectivity index (χ4v) is 9.62. The van der Waals surface area contributed by atoms with Crippen LogP contribution in [0, 0.1) is 0 Å². The average molecular weight is 749 g/mol. The molecule has 0 amide bonds. The normalized spacial score (nSPS) is 12.5. The lowest BCUT2D eigenvalue weighted by Gasteiger charge is -2.34. The molecule has 0 heterocycles. The topological polar surface area (TPSA) is 0 Å². The van der Waals surface area contributed by atoms with E-state index in [4.69, 9.17) is 0 Å². The first-order chi connectivity index (χ1) is 29.3. The summed E-state index contributed by atoms with van der Waals surface area (Å²) < 4.78 is 0. The van der Waals surface area contributed by atoms with E-state index in [0.717, 1.165) is 0 Å². The van der Waals surface area contributed by atoms with E-state index in [9.17, 15) is 0 Å². The maximum absolute atomic E-state index is 2.51. The highest BCUT2D eigenvalue weighted by Crippen LogP contribution is 2.59. The van der Waals surface area contributed by atoms with Gasteiger partial charge in [0.2, 0.25) is 0 Å². The summed E-state index contributed by atoms with van der Waals surface area (Å²) in [5.41, 5.74) is 19.2. The number of hydrogen-bond donors (Lipinski definition) is 0. The third-order valence-electron chi connectivity index (χ3n) is 12.3. The molecule has 0 spiro atoms. The Bertz CT molecular complexity index is 3000. The van der Waals surface area contributed by atoms with Crippen LogP contribution in [0.4, 0.5) is 0 Å². The molecule has 0 heteroatoms. The van der Waals surface area contributed by atoms with Gasteiger partial charge in [0.25, 0.3) is 0 Å². The standard InChI is InChI=1S/C59H40/c1-6-18-41(19-7-1)44-30-32-45(33-31-44)55-40-57-58(53-29-17-16-28-52(53)55)54-35-34-46(39-56(54)59(57,50-24-12-4-13-25-50)51-26-14-5-15-27-51)49-37-47(42-20-8-2-9-21-42)36-48(38-49)43-22-10-3-11-23-43/h1-40H. The summed E-state index contributed by atoms with van der Waals surface area (Å²) in [6.45, 7) is 0. The number of hydrogen-bond acceptors (Lipinski definition) is 0. The zero-order valence-electron chi connectivity index (χ0n) is 32.6. The summed E-state index contributed by atoms with van der Waals surface area (Å²) in [5.74, 6) is 0. The van der Waals surface area contributed by atoms with Gasteiger partial charge in [-0.1, -0.05) is 212 Å². The van der Waals surface area contributed by atoms with E-state index in [-0.39, 0.29) is 0 Å². The molecule has 0 unspecified atom stereocenters. The SMILES string of the molecule is c1ccc(-c2ccc(-c3cc4c(c5ccccc35)-c3ccc(-c5cc(-c6ccccc6)cc(-c6ccccc6)c5)cc3C4(c3ccccc3)c3ccccc3)cc2)cc1. The first-order valence-corrected chi connectivity index (χ1v) is 20.5. The van der Waals surface area contributed by atoms with E-state index >= 15 is 0 Å². The Morgan fingerprint density at radius 3 is 1.14 bits per heavy atom. The van der Waals surface area contributed by atoms with E-state index in [1.54, 1.807) is 0 Å². The van der Waals surface area contributed by atoms with Crippen LogP contribution in [-0.4, -0.2) is 0 Å². The first-order valence-electron chi connectivity index (χ1n) is 20.5. The summed E-state index contributed by atoms with van der Waals surface area (Å²) in [6.07, 6.45) is 0. The predicted molar refractivity (Wildman–Crippen MR) is 248 cm³/mol. The zero-order valence-corrected chi connectivity index (χ0v) is 32.6. The highest BCUT2D eigenvalue weighted by atomic mass is 14.5. The van der Waals surface area contributed by atoms with Gasteiger partial charge in [0, 0.05) is 0 Å². The van der Waals surface area contributed by atoms with Gasteiger partial charge in [-0.25, -0.2) is 0 Å². The largest absolute Gasteiger partial charge is 0.0714 e. The van der Waals surface area contributed by atoms with Crippen molar-refractivity contribution in [3.05, 3.63) is 265 Å². The minimum Gasteiger partial charge on any atom is -0.0622 e. The molecule has 0 saturated carbocycles. The molecule has 59 heavy (non-hydrogen) atoms. The molecule has 10 aromatic rings. The maximum atomic E-state index is 2.51. The lowest BCUT2D eigenvalue weighted by Crippen LogP contribution is -2.28. The van der Waals surface area contributed by atoms with Crippen LogP contribution in [0.2, 0.25) is 0 Å². The Balaban J connectivity index is 1.19. The molecule has 0 saturated heterocycles. The molecule has 11 rings (SSSR count). The molecule has 0 atom stereocenters. The van der Waals surface area contributed by atoms with E-state index in [2.05, 4.69) is 243 Å². The Kier molecular flexibility index (Phi) is 8.49. The van der Waals surface area contributed by atoms with Crippen LogP contribution in [0.15, 0.2) is 243 Å². The van der Waals surface area contributed by atoms with Crippen LogP contribution >= 0.6 is 0 Å². The van der Waals surface area contributed by atoms with Crippen molar-refractivity contribution in [2.75, 3.05) is 0 Å². The van der Waals surface area contributed by atoms with E-state index in [0.29, 0.717) is 0 Å². The zero-order chi connectivity index (χ0) is 39.2. The minimum atomic E-state index is -0.578. The summed E-state index contributed by atoms with van der Waals surface area (Å²) in [4.78, 5) is 0. The molecular formula is C59H40. The van der Waals surface area contributed by atoms with Gasteiger partial charge in [-0.15, -0.1) is 0 Å². The van der Waals surface area contributed by atoms with E-state index < -0.39 is 5.41 Å². The van der Waals surface area contributed by atoms with Gasteiger partial charge in [0.15, 0.2) is 0 Å². The van der Waals surface area contributed by atoms with Gasteiger partial charge in [-0.3, -0.25) is 0 Å². The van der Waals surface area contributed by atoms with Crippen molar-refractivity contribution < 1.29 is 0 Å². The fourth-order valence-electron chi connectivity index (χ4n) is 9.62. The van der Waals surface area contributed by atoms with Crippen molar-refractivity contribution in [2.45, 2.75) is 5.41 Å². The summed E-state index contributed by atoms with van der Waals surface area (Å²) in [5, 5.41) is 2.53. The van der Waals surface area contributed by atoms with Crippen molar-refractivity contribution >= 4 is 10.8 Å². The van der Waals surface area contributed by atoms with Crippen molar-refractivity contribution in [1.29, 1.82) is 0 Å². The molecular weight excluding hydrogens is 709 g/mol. The Labute approximate surface area is 346 Å². The van der Waals surface area contributed by atoms with Crippen molar-refractivity contribution in [1.82, 2.24) is 0 Å². The molecule has 0 nitrogen and oxygen atoms in total. The molecule has 1 aliphatic carbocycles. The quantitative estimate of drug-likeness (QED) is 0.152. The van der Waals surface area contributed by atoms with Gasteiger partial charge in [-0.05, 0) is 130 Å². The third-order valence-corrected chi connectivity index (χ3v) is 12.3. The molecule has 0 N–H and O–H groups in total. The lowest BCUT2D eigenvalue weighted by atomic mass is 9.67. The summed E-state index contributed by atoms with van der Waals surface area (Å²) in [6, 6.07) is 89.5. The second kappa shape index (κ2) is 14.4. The summed E-state index contributed by atoms with van der Waals surface area (Å²) in [7, 11) is 0. The van der Waals surface area contributed by atoms with Crippen molar-refractivity contribution in [3.8, 4) is 66.8 Å². The van der Waals surface area contributed by atoms with Crippen LogP contribution < -0.4 is 0 Å². The molecule has 276 valence electrons.